The van der Waals surface area contributed by atoms with Crippen molar-refractivity contribution in [1.29, 1.82) is 0 Å². The summed E-state index contributed by atoms with van der Waals surface area (Å²) < 4.78 is 0. The van der Waals surface area contributed by atoms with Gasteiger partial charge in [-0.05, 0) is 74.2 Å². The highest BCUT2D eigenvalue weighted by atomic mass is 15.0. The van der Waals surface area contributed by atoms with Gasteiger partial charge in [-0.2, -0.15) is 0 Å². The van der Waals surface area contributed by atoms with E-state index in [1.807, 2.05) is 66.9 Å². The van der Waals surface area contributed by atoms with Gasteiger partial charge in [0.1, 0.15) is 6.17 Å². The number of nitrogens with one attached hydrogen (secondary N) is 1. The summed E-state index contributed by atoms with van der Waals surface area (Å²) in [5.74, 6) is 0.555. The number of anilines is 2. The Morgan fingerprint density at radius 3 is 1.56 bits per heavy atom. The van der Waals surface area contributed by atoms with Crippen molar-refractivity contribution in [3.05, 3.63) is 241 Å². The van der Waals surface area contributed by atoms with E-state index in [1.54, 1.807) is 0 Å². The summed E-state index contributed by atoms with van der Waals surface area (Å²) in [5.41, 5.74) is 20.6. The molecule has 0 saturated carbocycles. The van der Waals surface area contributed by atoms with Crippen molar-refractivity contribution in [3.8, 4) is 44.5 Å². The van der Waals surface area contributed by atoms with Crippen LogP contribution in [0, 0.1) is 0 Å². The summed E-state index contributed by atoms with van der Waals surface area (Å²) in [6.45, 7) is 0. The van der Waals surface area contributed by atoms with Crippen molar-refractivity contribution < 1.29 is 0 Å². The summed E-state index contributed by atoms with van der Waals surface area (Å²) in [6.07, 6.45) is 1.27. The highest BCUT2D eigenvalue weighted by Gasteiger charge is 2.25. The van der Waals surface area contributed by atoms with Crippen molar-refractivity contribution in [3.63, 3.8) is 0 Å². The molecule has 59 heavy (non-hydrogen) atoms. The van der Waals surface area contributed by atoms with Gasteiger partial charge in [-0.3, -0.25) is 0 Å². The third-order valence-corrected chi connectivity index (χ3v) is 10.6. The minimum Gasteiger partial charge on any atom is -0.354 e. The Morgan fingerprint density at radius 2 is 0.932 bits per heavy atom. The van der Waals surface area contributed by atoms with Crippen LogP contribution >= 0.6 is 0 Å². The average molecular weight is 759 g/mol. The highest BCUT2D eigenvalue weighted by molar-refractivity contribution is 6.19. The molecule has 9 rings (SSSR count). The van der Waals surface area contributed by atoms with E-state index in [-0.39, 0.29) is 0 Å². The Hall–Kier alpha value is -7.66. The van der Waals surface area contributed by atoms with Crippen LogP contribution < -0.4 is 11.1 Å². The zero-order chi connectivity index (χ0) is 39.8. The summed E-state index contributed by atoms with van der Waals surface area (Å²) in [7, 11) is 0. The molecule has 0 bridgehead atoms. The minimum absolute atomic E-state index is 0.555. The van der Waals surface area contributed by atoms with Crippen LogP contribution in [0.25, 0.3) is 55.3 Å². The number of nitrogens with zero attached hydrogens (tertiary/aromatic N) is 2. The first-order chi connectivity index (χ1) is 29.2. The number of hydrogen-bond donors (Lipinski definition) is 2. The standard InChI is InChI=1S/C55H42N4/c56-54(43-28-14-5-15-29-43)59-55(57-38-39-20-6-1-7-21-39)44-34-36-45(37-35-44)58-53-49-33-19-18-32-48(49)50(41-24-10-3-11-25-41)52(51(53)42-26-12-4-13-27-42)47-31-17-16-30-46(47)40-22-8-2-9-23-40/h1-38,54,58H,56H2. The number of rotatable bonds is 10. The molecule has 0 spiro atoms. The van der Waals surface area contributed by atoms with Crippen molar-refractivity contribution in [2.24, 2.45) is 15.7 Å². The fourth-order valence-corrected chi connectivity index (χ4v) is 7.77. The lowest BCUT2D eigenvalue weighted by molar-refractivity contribution is 0.775. The van der Waals surface area contributed by atoms with Crippen LogP contribution in [0.5, 0.6) is 0 Å². The molecule has 9 aromatic carbocycles. The Balaban J connectivity index is 1.24. The molecule has 0 aliphatic rings. The molecule has 0 radical (unpaired) electrons. The Kier molecular flexibility index (Phi) is 10.8. The highest BCUT2D eigenvalue weighted by Crippen LogP contribution is 2.52. The number of hydrogen-bond acceptors (Lipinski definition) is 3. The van der Waals surface area contributed by atoms with Gasteiger partial charge in [0.05, 0.1) is 5.69 Å². The first-order valence-corrected chi connectivity index (χ1v) is 19.9. The molecule has 1 atom stereocenters. The number of nitrogens with two attached hydrogens (primary N) is 1. The fraction of sp³-hybridized carbons (Fsp3) is 0.0182. The van der Waals surface area contributed by atoms with Gasteiger partial charge in [0, 0.05) is 34.0 Å². The quantitative estimate of drug-likeness (QED) is 0.108. The maximum Gasteiger partial charge on any atom is 0.156 e. The second-order valence-electron chi connectivity index (χ2n) is 14.4. The van der Waals surface area contributed by atoms with Gasteiger partial charge in [-0.1, -0.05) is 200 Å². The van der Waals surface area contributed by atoms with E-state index >= 15 is 0 Å². The van der Waals surface area contributed by atoms with Gasteiger partial charge in [-0.15, -0.1) is 0 Å². The van der Waals surface area contributed by atoms with Crippen molar-refractivity contribution in [2.45, 2.75) is 6.17 Å². The normalized spacial score (nSPS) is 12.1. The Labute approximate surface area is 345 Å². The lowest BCUT2D eigenvalue weighted by Crippen LogP contribution is -2.11. The number of benzene rings is 9. The first kappa shape index (κ1) is 36.9. The van der Waals surface area contributed by atoms with Gasteiger partial charge in [0.25, 0.3) is 0 Å². The summed E-state index contributed by atoms with van der Waals surface area (Å²) >= 11 is 0. The van der Waals surface area contributed by atoms with E-state index in [1.165, 1.54) is 22.3 Å². The number of aliphatic imine (C=N–C) groups is 2. The van der Waals surface area contributed by atoms with Crippen molar-refractivity contribution in [2.75, 3.05) is 5.32 Å². The maximum absolute atomic E-state index is 6.65. The lowest BCUT2D eigenvalue weighted by Gasteiger charge is -2.26. The van der Waals surface area contributed by atoms with Gasteiger partial charge in [0.15, 0.2) is 5.84 Å². The zero-order valence-corrected chi connectivity index (χ0v) is 32.5. The van der Waals surface area contributed by atoms with Crippen LogP contribution in [-0.4, -0.2) is 12.1 Å². The molecule has 0 aliphatic heterocycles. The lowest BCUT2D eigenvalue weighted by atomic mass is 9.80. The molecule has 0 heterocycles. The molecule has 0 saturated heterocycles. The fourth-order valence-electron chi connectivity index (χ4n) is 7.77. The largest absolute Gasteiger partial charge is 0.354 e. The van der Waals surface area contributed by atoms with E-state index in [4.69, 9.17) is 15.7 Å². The number of fused-ring (bicyclic) bond motifs is 1. The molecule has 1 unspecified atom stereocenters. The summed E-state index contributed by atoms with van der Waals surface area (Å²) in [4.78, 5) is 9.81. The number of amidine groups is 1. The third-order valence-electron chi connectivity index (χ3n) is 10.6. The second-order valence-corrected chi connectivity index (χ2v) is 14.4. The van der Waals surface area contributed by atoms with Gasteiger partial charge >= 0.3 is 0 Å². The molecule has 0 aromatic heterocycles. The summed E-state index contributed by atoms with van der Waals surface area (Å²) in [6, 6.07) is 78.0. The molecule has 282 valence electrons. The monoisotopic (exact) mass is 758 g/mol. The second kappa shape index (κ2) is 17.2. The van der Waals surface area contributed by atoms with Crippen LogP contribution in [0.1, 0.15) is 22.9 Å². The molecule has 0 fully saturated rings. The van der Waals surface area contributed by atoms with Crippen molar-refractivity contribution in [1.82, 2.24) is 0 Å². The molecule has 0 amide bonds. The van der Waals surface area contributed by atoms with Gasteiger partial charge < -0.3 is 11.1 Å². The van der Waals surface area contributed by atoms with E-state index in [9.17, 15) is 0 Å². The van der Waals surface area contributed by atoms with E-state index in [0.717, 1.165) is 61.1 Å². The van der Waals surface area contributed by atoms with Crippen LogP contribution in [0.4, 0.5) is 11.4 Å². The summed E-state index contributed by atoms with van der Waals surface area (Å²) in [5, 5.41) is 6.24. The molecule has 4 nitrogen and oxygen atoms in total. The molecule has 4 heteroatoms. The zero-order valence-electron chi connectivity index (χ0n) is 32.5. The van der Waals surface area contributed by atoms with Gasteiger partial charge in [0.2, 0.25) is 0 Å². The Morgan fingerprint density at radius 1 is 0.441 bits per heavy atom. The molecule has 0 aliphatic carbocycles. The Bertz CT molecular complexity index is 2870. The molecular weight excluding hydrogens is 717 g/mol. The molecule has 9 aromatic rings. The van der Waals surface area contributed by atoms with E-state index in [0.29, 0.717) is 5.84 Å². The van der Waals surface area contributed by atoms with E-state index < -0.39 is 6.17 Å². The smallest absolute Gasteiger partial charge is 0.156 e. The first-order valence-electron chi connectivity index (χ1n) is 19.9. The van der Waals surface area contributed by atoms with Crippen molar-refractivity contribution >= 4 is 34.2 Å². The average Bonchev–Trinajstić information content (AvgIpc) is 3.32. The predicted octanol–water partition coefficient (Wildman–Crippen LogP) is 13.8. The minimum atomic E-state index is -0.572. The SMILES string of the molecule is NC(N=C(N=Cc1ccccc1)c1ccc(Nc2c(-c3ccccc3)c(-c3ccccc3-c3ccccc3)c(-c3ccccc3)c3ccccc23)cc1)c1ccccc1. The maximum atomic E-state index is 6.65. The van der Waals surface area contributed by atoms with Gasteiger partial charge in [-0.25, -0.2) is 9.98 Å². The van der Waals surface area contributed by atoms with E-state index in [2.05, 4.69) is 169 Å². The third kappa shape index (κ3) is 7.99. The van der Waals surface area contributed by atoms with Crippen LogP contribution in [0.3, 0.4) is 0 Å². The predicted molar refractivity (Wildman–Crippen MR) is 249 cm³/mol. The molecule has 3 N–H and O–H groups in total. The molecular formula is C55H42N4. The van der Waals surface area contributed by atoms with Crippen LogP contribution in [0.2, 0.25) is 0 Å². The van der Waals surface area contributed by atoms with Crippen LogP contribution in [-0.2, 0) is 0 Å². The van der Waals surface area contributed by atoms with Crippen LogP contribution in [0.15, 0.2) is 234 Å². The topological polar surface area (TPSA) is 62.8 Å².